The SMILES string of the molecule is O=S(=O)(c1ccccc1)N1CCC2(CC1)CCn1c(-c3cccnc3)cnc12. The van der Waals surface area contributed by atoms with E-state index in [1.807, 2.05) is 24.5 Å². The number of nitrogens with zero attached hydrogens (tertiary/aromatic N) is 4. The summed E-state index contributed by atoms with van der Waals surface area (Å²) in [4.78, 5) is 9.36. The average Bonchev–Trinajstić information content (AvgIpc) is 3.32. The first-order valence-electron chi connectivity index (χ1n) is 9.62. The lowest BCUT2D eigenvalue weighted by atomic mass is 9.77. The second-order valence-electron chi connectivity index (χ2n) is 7.61. The number of hydrogen-bond acceptors (Lipinski definition) is 4. The van der Waals surface area contributed by atoms with Gasteiger partial charge in [-0.25, -0.2) is 13.4 Å². The summed E-state index contributed by atoms with van der Waals surface area (Å²) in [6, 6.07) is 12.7. The van der Waals surface area contributed by atoms with Crippen LogP contribution in [-0.2, 0) is 22.0 Å². The maximum Gasteiger partial charge on any atom is 0.243 e. The van der Waals surface area contributed by atoms with Crippen LogP contribution in [0.3, 0.4) is 0 Å². The first-order valence-corrected chi connectivity index (χ1v) is 11.1. The molecule has 1 fully saturated rings. The average molecular weight is 394 g/mol. The molecule has 4 heterocycles. The van der Waals surface area contributed by atoms with Gasteiger partial charge in [0.15, 0.2) is 0 Å². The highest BCUT2D eigenvalue weighted by molar-refractivity contribution is 7.89. The van der Waals surface area contributed by atoms with Gasteiger partial charge in [0.25, 0.3) is 0 Å². The largest absolute Gasteiger partial charge is 0.327 e. The topological polar surface area (TPSA) is 68.1 Å². The Labute approximate surface area is 164 Å². The lowest BCUT2D eigenvalue weighted by molar-refractivity contribution is 0.228. The van der Waals surface area contributed by atoms with Gasteiger partial charge in [-0.2, -0.15) is 4.31 Å². The van der Waals surface area contributed by atoms with Crippen molar-refractivity contribution >= 4 is 10.0 Å². The van der Waals surface area contributed by atoms with Gasteiger partial charge in [0, 0.05) is 43.0 Å². The predicted octanol–water partition coefficient (Wildman–Crippen LogP) is 3.07. The Balaban J connectivity index is 1.39. The molecule has 144 valence electrons. The molecule has 1 spiro atoms. The normalized spacial score (nSPS) is 19.0. The molecule has 0 saturated carbocycles. The summed E-state index contributed by atoms with van der Waals surface area (Å²) < 4.78 is 29.8. The van der Waals surface area contributed by atoms with Gasteiger partial charge in [0.2, 0.25) is 10.0 Å². The minimum atomic E-state index is -3.43. The maximum atomic E-state index is 12.9. The van der Waals surface area contributed by atoms with E-state index >= 15 is 0 Å². The molecule has 5 rings (SSSR count). The van der Waals surface area contributed by atoms with E-state index < -0.39 is 10.0 Å². The molecule has 0 aliphatic carbocycles. The van der Waals surface area contributed by atoms with Crippen LogP contribution in [0.1, 0.15) is 25.1 Å². The Morgan fingerprint density at radius 1 is 0.893 bits per heavy atom. The lowest BCUT2D eigenvalue weighted by Crippen LogP contribution is -2.44. The number of piperidine rings is 1. The predicted molar refractivity (Wildman–Crippen MR) is 106 cm³/mol. The molecule has 0 N–H and O–H groups in total. The third kappa shape index (κ3) is 2.69. The van der Waals surface area contributed by atoms with E-state index in [2.05, 4.69) is 15.6 Å². The molecule has 1 aromatic carbocycles. The van der Waals surface area contributed by atoms with Crippen molar-refractivity contribution < 1.29 is 8.42 Å². The molecular weight excluding hydrogens is 372 g/mol. The smallest absolute Gasteiger partial charge is 0.243 e. The zero-order valence-electron chi connectivity index (χ0n) is 15.5. The number of benzene rings is 1. The third-order valence-corrected chi connectivity index (χ3v) is 8.07. The highest BCUT2D eigenvalue weighted by Crippen LogP contribution is 2.45. The number of pyridine rings is 1. The van der Waals surface area contributed by atoms with Gasteiger partial charge in [-0.3, -0.25) is 4.98 Å². The van der Waals surface area contributed by atoms with E-state index in [-0.39, 0.29) is 5.41 Å². The minimum Gasteiger partial charge on any atom is -0.327 e. The van der Waals surface area contributed by atoms with Crippen LogP contribution in [0.25, 0.3) is 11.3 Å². The molecule has 2 aliphatic heterocycles. The minimum absolute atomic E-state index is 0.0246. The Morgan fingerprint density at radius 3 is 2.36 bits per heavy atom. The van der Waals surface area contributed by atoms with Crippen LogP contribution in [0.15, 0.2) is 66.0 Å². The molecule has 0 amide bonds. The number of fused-ring (bicyclic) bond motifs is 2. The van der Waals surface area contributed by atoms with Crippen LogP contribution in [0.2, 0.25) is 0 Å². The number of aromatic nitrogens is 3. The van der Waals surface area contributed by atoms with Crippen LogP contribution in [0.4, 0.5) is 0 Å². The van der Waals surface area contributed by atoms with Crippen molar-refractivity contribution in [1.29, 1.82) is 0 Å². The molecule has 7 heteroatoms. The fourth-order valence-electron chi connectivity index (χ4n) is 4.58. The van der Waals surface area contributed by atoms with Crippen molar-refractivity contribution in [3.63, 3.8) is 0 Å². The zero-order chi connectivity index (χ0) is 19.2. The Bertz CT molecular complexity index is 1090. The van der Waals surface area contributed by atoms with Gasteiger partial charge >= 0.3 is 0 Å². The molecule has 1 saturated heterocycles. The van der Waals surface area contributed by atoms with Gasteiger partial charge in [0.1, 0.15) is 5.82 Å². The van der Waals surface area contributed by atoms with Crippen molar-refractivity contribution in [2.24, 2.45) is 0 Å². The van der Waals surface area contributed by atoms with Crippen molar-refractivity contribution in [1.82, 2.24) is 18.8 Å². The highest BCUT2D eigenvalue weighted by Gasteiger charge is 2.45. The summed E-state index contributed by atoms with van der Waals surface area (Å²) >= 11 is 0. The zero-order valence-corrected chi connectivity index (χ0v) is 16.3. The number of imidazole rings is 1. The van der Waals surface area contributed by atoms with Crippen LogP contribution < -0.4 is 0 Å². The molecule has 0 radical (unpaired) electrons. The fourth-order valence-corrected chi connectivity index (χ4v) is 6.04. The number of sulfonamides is 1. The fraction of sp³-hybridized carbons (Fsp3) is 0.333. The summed E-state index contributed by atoms with van der Waals surface area (Å²) in [7, 11) is -3.43. The molecule has 0 unspecified atom stereocenters. The maximum absolute atomic E-state index is 12.9. The molecule has 0 bridgehead atoms. The summed E-state index contributed by atoms with van der Waals surface area (Å²) in [5.41, 5.74) is 2.14. The Hall–Kier alpha value is -2.51. The van der Waals surface area contributed by atoms with Gasteiger partial charge in [-0.15, -0.1) is 0 Å². The first kappa shape index (κ1) is 17.6. The molecule has 2 aliphatic rings. The molecule has 2 aromatic heterocycles. The highest BCUT2D eigenvalue weighted by atomic mass is 32.2. The standard InChI is InChI=1S/C21H22N4O2S/c26-28(27,18-6-2-1-3-7-18)24-12-8-21(9-13-24)10-14-25-19(16-23-20(21)25)17-5-4-11-22-15-17/h1-7,11,15-16H,8-10,12-14H2. The number of rotatable bonds is 3. The Morgan fingerprint density at radius 2 is 1.64 bits per heavy atom. The third-order valence-electron chi connectivity index (χ3n) is 6.16. The molecule has 0 atom stereocenters. The second-order valence-corrected chi connectivity index (χ2v) is 9.55. The number of hydrogen-bond donors (Lipinski definition) is 0. The van der Waals surface area contributed by atoms with Gasteiger partial charge in [-0.05, 0) is 43.5 Å². The molecule has 28 heavy (non-hydrogen) atoms. The van der Waals surface area contributed by atoms with Crippen LogP contribution in [-0.4, -0.2) is 40.3 Å². The first-order chi connectivity index (χ1) is 13.6. The second kappa shape index (κ2) is 6.53. The van der Waals surface area contributed by atoms with Crippen molar-refractivity contribution in [2.75, 3.05) is 13.1 Å². The van der Waals surface area contributed by atoms with Crippen LogP contribution in [0, 0.1) is 0 Å². The van der Waals surface area contributed by atoms with E-state index in [1.165, 1.54) is 0 Å². The van der Waals surface area contributed by atoms with E-state index in [0.717, 1.165) is 42.9 Å². The van der Waals surface area contributed by atoms with Crippen LogP contribution >= 0.6 is 0 Å². The monoisotopic (exact) mass is 394 g/mol. The lowest BCUT2D eigenvalue weighted by Gasteiger charge is -2.37. The van der Waals surface area contributed by atoms with E-state index in [9.17, 15) is 8.42 Å². The van der Waals surface area contributed by atoms with Gasteiger partial charge < -0.3 is 4.57 Å². The van der Waals surface area contributed by atoms with Crippen molar-refractivity contribution in [2.45, 2.75) is 36.1 Å². The van der Waals surface area contributed by atoms with E-state index in [0.29, 0.717) is 18.0 Å². The molecular formula is C21H22N4O2S. The summed E-state index contributed by atoms with van der Waals surface area (Å²) in [6.45, 7) is 1.99. The van der Waals surface area contributed by atoms with E-state index in [1.54, 1.807) is 34.8 Å². The van der Waals surface area contributed by atoms with Crippen molar-refractivity contribution in [3.8, 4) is 11.3 Å². The van der Waals surface area contributed by atoms with Gasteiger partial charge in [0.05, 0.1) is 16.8 Å². The van der Waals surface area contributed by atoms with Crippen LogP contribution in [0.5, 0.6) is 0 Å². The summed E-state index contributed by atoms with van der Waals surface area (Å²) in [6.07, 6.45) is 8.20. The Kier molecular flexibility index (Phi) is 4.10. The van der Waals surface area contributed by atoms with Crippen molar-refractivity contribution in [3.05, 3.63) is 66.9 Å². The van der Waals surface area contributed by atoms with E-state index in [4.69, 9.17) is 4.98 Å². The van der Waals surface area contributed by atoms with Gasteiger partial charge in [-0.1, -0.05) is 18.2 Å². The molecule has 3 aromatic rings. The molecule has 6 nitrogen and oxygen atoms in total. The summed E-state index contributed by atoms with van der Waals surface area (Å²) in [5.74, 6) is 1.10. The summed E-state index contributed by atoms with van der Waals surface area (Å²) in [5, 5.41) is 0. The quantitative estimate of drug-likeness (QED) is 0.685.